The summed E-state index contributed by atoms with van der Waals surface area (Å²) in [7, 11) is 0. The third-order valence-electron chi connectivity index (χ3n) is 4.67. The van der Waals surface area contributed by atoms with Crippen molar-refractivity contribution in [1.82, 2.24) is 9.80 Å². The number of hydrogen-bond acceptors (Lipinski definition) is 4. The standard InChI is InChI=1S/C20H24N4O3/c1-16-5-2-7-18(13-16)21-20(25)23-10-4-9-22(11-12-23)15-17-6-3-8-19(14-17)24(26)27/h2-3,5-8,13-14H,4,9-12,15H2,1H3,(H,21,25). The third kappa shape index (κ3) is 5.27. The smallest absolute Gasteiger partial charge is 0.321 e. The summed E-state index contributed by atoms with van der Waals surface area (Å²) in [6.07, 6.45) is 0.871. The molecule has 1 aliphatic heterocycles. The zero-order valence-corrected chi connectivity index (χ0v) is 15.4. The van der Waals surface area contributed by atoms with E-state index in [0.717, 1.165) is 36.3 Å². The molecule has 1 heterocycles. The molecule has 0 aromatic heterocycles. The highest BCUT2D eigenvalue weighted by molar-refractivity contribution is 5.89. The Morgan fingerprint density at radius 1 is 1.11 bits per heavy atom. The number of benzene rings is 2. The summed E-state index contributed by atoms with van der Waals surface area (Å²) in [4.78, 5) is 27.2. The second kappa shape index (κ2) is 8.64. The fourth-order valence-electron chi connectivity index (χ4n) is 3.28. The van der Waals surface area contributed by atoms with Crippen LogP contribution in [0.2, 0.25) is 0 Å². The van der Waals surface area contributed by atoms with Gasteiger partial charge < -0.3 is 10.2 Å². The molecule has 0 unspecified atom stereocenters. The van der Waals surface area contributed by atoms with Crippen molar-refractivity contribution in [2.24, 2.45) is 0 Å². The number of anilines is 1. The molecule has 2 aromatic rings. The third-order valence-corrected chi connectivity index (χ3v) is 4.67. The molecular weight excluding hydrogens is 344 g/mol. The minimum atomic E-state index is -0.372. The lowest BCUT2D eigenvalue weighted by Gasteiger charge is -2.22. The van der Waals surface area contributed by atoms with Crippen molar-refractivity contribution in [2.45, 2.75) is 19.9 Å². The van der Waals surface area contributed by atoms with Gasteiger partial charge in [-0.25, -0.2) is 4.79 Å². The fourth-order valence-corrected chi connectivity index (χ4v) is 3.28. The van der Waals surface area contributed by atoms with Gasteiger partial charge in [0.1, 0.15) is 0 Å². The maximum atomic E-state index is 12.5. The number of non-ortho nitro benzene ring substituents is 1. The van der Waals surface area contributed by atoms with E-state index < -0.39 is 0 Å². The number of amides is 2. The Morgan fingerprint density at radius 3 is 2.70 bits per heavy atom. The van der Waals surface area contributed by atoms with Gasteiger partial charge in [0, 0.05) is 50.5 Å². The van der Waals surface area contributed by atoms with Gasteiger partial charge >= 0.3 is 6.03 Å². The summed E-state index contributed by atoms with van der Waals surface area (Å²) in [5.74, 6) is 0. The van der Waals surface area contributed by atoms with Gasteiger partial charge in [-0.2, -0.15) is 0 Å². The maximum absolute atomic E-state index is 12.5. The number of carbonyl (C=O) groups is 1. The Bertz CT molecular complexity index is 824. The van der Waals surface area contributed by atoms with E-state index in [-0.39, 0.29) is 16.6 Å². The molecule has 2 aromatic carbocycles. The molecule has 0 bridgehead atoms. The van der Waals surface area contributed by atoms with Crippen molar-refractivity contribution >= 4 is 17.4 Å². The Balaban J connectivity index is 1.56. The van der Waals surface area contributed by atoms with Crippen LogP contribution in [-0.4, -0.2) is 46.9 Å². The second-order valence-electron chi connectivity index (χ2n) is 6.84. The highest BCUT2D eigenvalue weighted by atomic mass is 16.6. The number of carbonyl (C=O) groups excluding carboxylic acids is 1. The molecule has 0 saturated carbocycles. The van der Waals surface area contributed by atoms with E-state index in [1.165, 1.54) is 6.07 Å². The number of nitrogens with zero attached hydrogens (tertiary/aromatic N) is 3. The molecule has 1 fully saturated rings. The fraction of sp³-hybridized carbons (Fsp3) is 0.350. The van der Waals surface area contributed by atoms with Crippen LogP contribution in [0.1, 0.15) is 17.5 Å². The molecule has 1 aliphatic rings. The first-order valence-electron chi connectivity index (χ1n) is 9.09. The normalized spacial score (nSPS) is 15.2. The minimum absolute atomic E-state index is 0.0854. The van der Waals surface area contributed by atoms with Crippen molar-refractivity contribution in [3.63, 3.8) is 0 Å². The summed E-state index contributed by atoms with van der Waals surface area (Å²) < 4.78 is 0. The zero-order chi connectivity index (χ0) is 19.2. The predicted molar refractivity (Wildman–Crippen MR) is 105 cm³/mol. The maximum Gasteiger partial charge on any atom is 0.321 e. The molecule has 1 N–H and O–H groups in total. The number of hydrogen-bond donors (Lipinski definition) is 1. The largest absolute Gasteiger partial charge is 0.323 e. The number of aryl methyl sites for hydroxylation is 1. The summed E-state index contributed by atoms with van der Waals surface area (Å²) in [6.45, 7) is 5.57. The summed E-state index contributed by atoms with van der Waals surface area (Å²) >= 11 is 0. The van der Waals surface area contributed by atoms with E-state index in [1.54, 1.807) is 12.1 Å². The number of rotatable bonds is 4. The van der Waals surface area contributed by atoms with Crippen LogP contribution in [0.4, 0.5) is 16.2 Å². The first kappa shape index (κ1) is 18.8. The van der Waals surface area contributed by atoms with Crippen LogP contribution in [0.25, 0.3) is 0 Å². The molecule has 0 aliphatic carbocycles. The quantitative estimate of drug-likeness (QED) is 0.660. The van der Waals surface area contributed by atoms with Crippen molar-refractivity contribution in [2.75, 3.05) is 31.5 Å². The van der Waals surface area contributed by atoms with E-state index in [9.17, 15) is 14.9 Å². The molecule has 0 atom stereocenters. The first-order valence-corrected chi connectivity index (χ1v) is 9.09. The molecule has 0 spiro atoms. The summed E-state index contributed by atoms with van der Waals surface area (Å²) in [5, 5.41) is 13.9. The van der Waals surface area contributed by atoms with Crippen LogP contribution in [-0.2, 0) is 6.54 Å². The Kier molecular flexibility index (Phi) is 6.03. The molecule has 27 heavy (non-hydrogen) atoms. The number of nitrogens with one attached hydrogen (secondary N) is 1. The van der Waals surface area contributed by atoms with Crippen LogP contribution >= 0.6 is 0 Å². The van der Waals surface area contributed by atoms with E-state index in [4.69, 9.17) is 0 Å². The number of urea groups is 1. The lowest BCUT2D eigenvalue weighted by Crippen LogP contribution is -2.38. The van der Waals surface area contributed by atoms with Gasteiger partial charge in [-0.15, -0.1) is 0 Å². The van der Waals surface area contributed by atoms with Crippen molar-refractivity contribution in [3.8, 4) is 0 Å². The molecular formula is C20H24N4O3. The van der Waals surface area contributed by atoms with Crippen molar-refractivity contribution in [1.29, 1.82) is 0 Å². The molecule has 0 radical (unpaired) electrons. The van der Waals surface area contributed by atoms with Gasteiger partial charge in [0.2, 0.25) is 0 Å². The average Bonchev–Trinajstić information content (AvgIpc) is 2.87. The van der Waals surface area contributed by atoms with Gasteiger partial charge in [0.25, 0.3) is 5.69 Å². The molecule has 3 rings (SSSR count). The highest BCUT2D eigenvalue weighted by Crippen LogP contribution is 2.16. The number of nitro benzene ring substituents is 1. The zero-order valence-electron chi connectivity index (χ0n) is 15.4. The molecule has 7 heteroatoms. The lowest BCUT2D eigenvalue weighted by atomic mass is 10.2. The van der Waals surface area contributed by atoms with Gasteiger partial charge in [0.15, 0.2) is 0 Å². The average molecular weight is 368 g/mol. The van der Waals surface area contributed by atoms with Gasteiger partial charge in [-0.1, -0.05) is 24.3 Å². The Morgan fingerprint density at radius 2 is 1.93 bits per heavy atom. The highest BCUT2D eigenvalue weighted by Gasteiger charge is 2.19. The Hall–Kier alpha value is -2.93. The minimum Gasteiger partial charge on any atom is -0.323 e. The monoisotopic (exact) mass is 368 g/mol. The summed E-state index contributed by atoms with van der Waals surface area (Å²) in [5.41, 5.74) is 2.94. The summed E-state index contributed by atoms with van der Waals surface area (Å²) in [6, 6.07) is 14.4. The lowest BCUT2D eigenvalue weighted by molar-refractivity contribution is -0.384. The van der Waals surface area contributed by atoms with E-state index in [1.807, 2.05) is 42.2 Å². The van der Waals surface area contributed by atoms with E-state index in [2.05, 4.69) is 10.2 Å². The topological polar surface area (TPSA) is 78.7 Å². The second-order valence-corrected chi connectivity index (χ2v) is 6.84. The van der Waals surface area contributed by atoms with Crippen molar-refractivity contribution < 1.29 is 9.72 Å². The van der Waals surface area contributed by atoms with Crippen LogP contribution < -0.4 is 5.32 Å². The van der Waals surface area contributed by atoms with Crippen LogP contribution in [0.15, 0.2) is 48.5 Å². The molecule has 1 saturated heterocycles. The molecule has 142 valence electrons. The van der Waals surface area contributed by atoms with Gasteiger partial charge in [-0.05, 0) is 36.6 Å². The van der Waals surface area contributed by atoms with Crippen LogP contribution in [0, 0.1) is 17.0 Å². The molecule has 7 nitrogen and oxygen atoms in total. The first-order chi connectivity index (χ1) is 13.0. The van der Waals surface area contributed by atoms with Crippen LogP contribution in [0.5, 0.6) is 0 Å². The van der Waals surface area contributed by atoms with Gasteiger partial charge in [-0.3, -0.25) is 15.0 Å². The van der Waals surface area contributed by atoms with Gasteiger partial charge in [0.05, 0.1) is 4.92 Å². The van der Waals surface area contributed by atoms with Crippen LogP contribution in [0.3, 0.4) is 0 Å². The number of nitro groups is 1. The SMILES string of the molecule is Cc1cccc(NC(=O)N2CCCN(Cc3cccc([N+](=O)[O-])c3)CC2)c1. The Labute approximate surface area is 158 Å². The van der Waals surface area contributed by atoms with Crippen molar-refractivity contribution in [3.05, 3.63) is 69.8 Å². The predicted octanol–water partition coefficient (Wildman–Crippen LogP) is 3.64. The van der Waals surface area contributed by atoms with E-state index in [0.29, 0.717) is 19.6 Å². The van der Waals surface area contributed by atoms with E-state index >= 15 is 0 Å². The molecule has 2 amide bonds.